The maximum absolute atomic E-state index is 14.4. The van der Waals surface area contributed by atoms with Crippen LogP contribution in [0, 0.1) is 5.92 Å². The molecular formula is C29H34O7. The van der Waals surface area contributed by atoms with Crippen LogP contribution in [0.1, 0.15) is 77.2 Å². The Bertz CT molecular complexity index is 1310. The van der Waals surface area contributed by atoms with E-state index >= 15 is 0 Å². The Labute approximate surface area is 211 Å². The molecule has 6 aliphatic rings. The Morgan fingerprint density at radius 3 is 2.56 bits per heavy atom. The number of methoxy groups -OCH3 is 1. The number of aromatic hydroxyl groups is 1. The van der Waals surface area contributed by atoms with Gasteiger partial charge in [0, 0.05) is 42.1 Å². The summed E-state index contributed by atoms with van der Waals surface area (Å²) in [6.45, 7) is 13.9. The van der Waals surface area contributed by atoms with E-state index in [1.165, 1.54) is 13.2 Å². The van der Waals surface area contributed by atoms with E-state index in [0.29, 0.717) is 23.5 Å². The fraction of sp³-hybridized carbons (Fsp3) is 0.586. The minimum absolute atomic E-state index is 0.109. The molecule has 1 spiro atoms. The standard InChI is InChI=1S/C29H34O7/c1-14(2)9-10-28-24(32)27(33-8)12-16-22(31)20-17(30)11-18-21(25(4,5)15(3)34-18)23(20)35-29(16,28)19(13-27)26(6,7)36-28/h9,11-12,15,19,30H,10,13H2,1-8H3/t15-,19?,27-,28-,29+/m1/s1. The summed E-state index contributed by atoms with van der Waals surface area (Å²) in [5.41, 5.74) is -3.17. The number of phenols is 1. The molecule has 1 unspecified atom stereocenters. The maximum Gasteiger partial charge on any atom is 0.205 e. The lowest BCUT2D eigenvalue weighted by Crippen LogP contribution is -2.77. The second kappa shape index (κ2) is 6.62. The minimum atomic E-state index is -1.46. The average molecular weight is 495 g/mol. The highest BCUT2D eigenvalue weighted by molar-refractivity contribution is 6.19. The smallest absolute Gasteiger partial charge is 0.205 e. The van der Waals surface area contributed by atoms with Crippen LogP contribution >= 0.6 is 0 Å². The molecule has 7 heteroatoms. The molecule has 2 fully saturated rings. The number of fused-ring (bicyclic) bond motifs is 3. The van der Waals surface area contributed by atoms with Crippen LogP contribution in [0.4, 0.5) is 0 Å². The number of carbonyl (C=O) groups is 2. The minimum Gasteiger partial charge on any atom is -0.507 e. The molecule has 3 aliphatic heterocycles. The largest absolute Gasteiger partial charge is 0.507 e. The highest BCUT2D eigenvalue weighted by Crippen LogP contribution is 2.70. The van der Waals surface area contributed by atoms with Crippen molar-refractivity contribution in [3.8, 4) is 17.2 Å². The van der Waals surface area contributed by atoms with E-state index in [1.54, 1.807) is 6.08 Å². The quantitative estimate of drug-likeness (QED) is 0.615. The first kappa shape index (κ1) is 23.7. The summed E-state index contributed by atoms with van der Waals surface area (Å²) < 4.78 is 25.8. The summed E-state index contributed by atoms with van der Waals surface area (Å²) >= 11 is 0. The summed E-state index contributed by atoms with van der Waals surface area (Å²) in [6.07, 6.45) is 4.00. The Morgan fingerprint density at radius 2 is 1.92 bits per heavy atom. The number of carbonyl (C=O) groups excluding carboxylic acids is 2. The number of rotatable bonds is 3. The lowest BCUT2D eigenvalue weighted by Gasteiger charge is -2.59. The van der Waals surface area contributed by atoms with Gasteiger partial charge in [-0.3, -0.25) is 9.59 Å². The Balaban J connectivity index is 1.71. The molecule has 192 valence electrons. The van der Waals surface area contributed by atoms with Crippen molar-refractivity contribution in [2.75, 3.05) is 7.11 Å². The number of ketones is 2. The number of benzene rings is 1. The van der Waals surface area contributed by atoms with Gasteiger partial charge in [-0.1, -0.05) is 25.5 Å². The van der Waals surface area contributed by atoms with Gasteiger partial charge in [-0.05, 0) is 47.1 Å². The highest BCUT2D eigenvalue weighted by Gasteiger charge is 2.84. The van der Waals surface area contributed by atoms with Crippen LogP contribution in [0.2, 0.25) is 0 Å². The molecule has 0 aromatic heterocycles. The predicted octanol–water partition coefficient (Wildman–Crippen LogP) is 4.58. The summed E-state index contributed by atoms with van der Waals surface area (Å²) in [5, 5.41) is 11.0. The predicted molar refractivity (Wildman–Crippen MR) is 132 cm³/mol. The molecule has 5 atom stereocenters. The van der Waals surface area contributed by atoms with Crippen molar-refractivity contribution < 1.29 is 33.6 Å². The second-order valence-corrected chi connectivity index (χ2v) is 12.4. The first-order valence-corrected chi connectivity index (χ1v) is 12.7. The van der Waals surface area contributed by atoms with Gasteiger partial charge in [-0.2, -0.15) is 0 Å². The molecule has 0 radical (unpaired) electrons. The molecule has 3 aliphatic carbocycles. The zero-order valence-electron chi connectivity index (χ0n) is 22.2. The van der Waals surface area contributed by atoms with Crippen LogP contribution < -0.4 is 9.47 Å². The van der Waals surface area contributed by atoms with Gasteiger partial charge in [0.05, 0.1) is 5.60 Å². The Hall–Kier alpha value is -2.64. The molecule has 3 heterocycles. The van der Waals surface area contributed by atoms with Crippen molar-refractivity contribution in [1.29, 1.82) is 0 Å². The van der Waals surface area contributed by atoms with E-state index in [1.807, 2.05) is 54.5 Å². The average Bonchev–Trinajstić information content (AvgIpc) is 3.10. The molecule has 0 amide bonds. The first-order valence-electron chi connectivity index (χ1n) is 12.7. The van der Waals surface area contributed by atoms with Crippen molar-refractivity contribution in [3.63, 3.8) is 0 Å². The molecule has 4 bridgehead atoms. The molecule has 7 rings (SSSR count). The Kier molecular flexibility index (Phi) is 4.36. The van der Waals surface area contributed by atoms with Gasteiger partial charge in [0.25, 0.3) is 0 Å². The summed E-state index contributed by atoms with van der Waals surface area (Å²) in [4.78, 5) is 28.7. The monoisotopic (exact) mass is 494 g/mol. The zero-order chi connectivity index (χ0) is 26.2. The normalized spacial score (nSPS) is 37.9. The fourth-order valence-corrected chi connectivity index (χ4v) is 7.37. The summed E-state index contributed by atoms with van der Waals surface area (Å²) in [6, 6.07) is 1.51. The van der Waals surface area contributed by atoms with Crippen LogP contribution in [0.5, 0.6) is 17.2 Å². The van der Waals surface area contributed by atoms with Gasteiger partial charge in [-0.25, -0.2) is 0 Å². The number of hydrogen-bond acceptors (Lipinski definition) is 7. The van der Waals surface area contributed by atoms with Gasteiger partial charge in [-0.15, -0.1) is 0 Å². The van der Waals surface area contributed by atoms with Crippen LogP contribution in [0.3, 0.4) is 0 Å². The van der Waals surface area contributed by atoms with E-state index in [9.17, 15) is 14.7 Å². The first-order chi connectivity index (χ1) is 16.7. The molecular weight excluding hydrogens is 460 g/mol. The number of ether oxygens (including phenoxy) is 4. The van der Waals surface area contributed by atoms with Crippen LogP contribution in [-0.4, -0.2) is 52.3 Å². The lowest BCUT2D eigenvalue weighted by molar-refractivity contribution is -0.190. The van der Waals surface area contributed by atoms with Gasteiger partial charge in [0.15, 0.2) is 17.0 Å². The lowest BCUT2D eigenvalue weighted by atomic mass is 9.49. The number of allylic oxidation sites excluding steroid dienone is 1. The molecule has 1 aromatic rings. The SMILES string of the molecule is CO[C@]12C=C3C(=O)c4c(O)cc5c(c4O[C@]34C(C1)C(C)(C)O[C@]4(CC=C(C)C)C2=O)C(C)(C)[C@@H](C)O5. The van der Waals surface area contributed by atoms with Crippen LogP contribution in [0.25, 0.3) is 0 Å². The van der Waals surface area contributed by atoms with Gasteiger partial charge < -0.3 is 24.1 Å². The molecule has 7 nitrogen and oxygen atoms in total. The van der Waals surface area contributed by atoms with E-state index < -0.39 is 27.8 Å². The van der Waals surface area contributed by atoms with Crippen LogP contribution in [-0.2, 0) is 19.7 Å². The third-order valence-corrected chi connectivity index (χ3v) is 9.49. The van der Waals surface area contributed by atoms with Crippen molar-refractivity contribution in [3.05, 3.63) is 40.5 Å². The van der Waals surface area contributed by atoms with Gasteiger partial charge >= 0.3 is 0 Å². The van der Waals surface area contributed by atoms with Crippen LogP contribution in [0.15, 0.2) is 29.4 Å². The number of hydrogen-bond donors (Lipinski definition) is 1. The third kappa shape index (κ3) is 2.37. The van der Waals surface area contributed by atoms with E-state index in [2.05, 4.69) is 0 Å². The third-order valence-electron chi connectivity index (χ3n) is 9.49. The van der Waals surface area contributed by atoms with E-state index in [4.69, 9.17) is 18.9 Å². The summed E-state index contributed by atoms with van der Waals surface area (Å²) in [5.74, 6) is -0.319. The van der Waals surface area contributed by atoms with Gasteiger partial charge in [0.1, 0.15) is 34.5 Å². The van der Waals surface area contributed by atoms with Crippen molar-refractivity contribution in [1.82, 2.24) is 0 Å². The molecule has 1 N–H and O–H groups in total. The van der Waals surface area contributed by atoms with Crippen molar-refractivity contribution >= 4 is 11.6 Å². The summed E-state index contributed by atoms with van der Waals surface area (Å²) in [7, 11) is 1.50. The van der Waals surface area contributed by atoms with E-state index in [0.717, 1.165) is 11.1 Å². The molecule has 1 saturated heterocycles. The van der Waals surface area contributed by atoms with Crippen molar-refractivity contribution in [2.45, 2.75) is 95.2 Å². The number of Topliss-reactive ketones (excluding diaryl/α,β-unsaturated/α-hetero) is 2. The maximum atomic E-state index is 14.4. The molecule has 1 saturated carbocycles. The Morgan fingerprint density at radius 1 is 1.22 bits per heavy atom. The van der Waals surface area contributed by atoms with Gasteiger partial charge in [0.2, 0.25) is 5.78 Å². The highest BCUT2D eigenvalue weighted by atomic mass is 16.6. The fourth-order valence-electron chi connectivity index (χ4n) is 7.37. The second-order valence-electron chi connectivity index (χ2n) is 12.4. The number of phenolic OH excluding ortho intramolecular Hbond substituents is 1. The molecule has 36 heavy (non-hydrogen) atoms. The van der Waals surface area contributed by atoms with Crippen molar-refractivity contribution in [2.24, 2.45) is 5.92 Å². The topological polar surface area (TPSA) is 91.3 Å². The zero-order valence-corrected chi connectivity index (χ0v) is 22.2. The van der Waals surface area contributed by atoms with E-state index in [-0.39, 0.29) is 41.3 Å². The molecule has 1 aromatic carbocycles.